The number of carbonyl (C=O) groups excluding carboxylic acids is 2. The normalized spacial score (nSPS) is 23.5. The molecule has 0 radical (unpaired) electrons. The van der Waals surface area contributed by atoms with E-state index in [9.17, 15) is 9.59 Å². The van der Waals surface area contributed by atoms with Crippen LogP contribution >= 0.6 is 23.2 Å². The number of epoxide rings is 1. The fourth-order valence-electron chi connectivity index (χ4n) is 2.35. The molecular formula is C14H13Cl2NO4. The Bertz CT molecular complexity index is 662. The van der Waals surface area contributed by atoms with Crippen LogP contribution in [-0.4, -0.2) is 24.2 Å². The number of rotatable bonds is 0. The highest BCUT2D eigenvalue weighted by Crippen LogP contribution is 2.55. The number of anilines is 1. The van der Waals surface area contributed by atoms with Crippen LogP contribution in [0, 0.1) is 0 Å². The van der Waals surface area contributed by atoms with Crippen LogP contribution in [0.25, 0.3) is 0 Å². The number of hydrogen-bond acceptors (Lipinski definition) is 4. The van der Waals surface area contributed by atoms with Crippen molar-refractivity contribution in [2.75, 3.05) is 11.5 Å². The molecule has 0 aliphatic carbocycles. The highest BCUT2D eigenvalue weighted by molar-refractivity contribution is 6.40. The van der Waals surface area contributed by atoms with Gasteiger partial charge in [0.15, 0.2) is 5.60 Å². The summed E-state index contributed by atoms with van der Waals surface area (Å²) >= 11 is 12.3. The summed E-state index contributed by atoms with van der Waals surface area (Å²) in [5.41, 5.74) is -1.23. The predicted molar refractivity (Wildman–Crippen MR) is 77.8 cm³/mol. The van der Waals surface area contributed by atoms with Gasteiger partial charge in [0.25, 0.3) is 5.91 Å². The van der Waals surface area contributed by atoms with E-state index in [4.69, 9.17) is 32.7 Å². The maximum absolute atomic E-state index is 12.6. The Hall–Kier alpha value is -1.30. The van der Waals surface area contributed by atoms with Gasteiger partial charge in [-0.1, -0.05) is 23.2 Å². The first-order chi connectivity index (χ1) is 9.67. The van der Waals surface area contributed by atoms with Crippen molar-refractivity contribution in [2.45, 2.75) is 32.0 Å². The van der Waals surface area contributed by atoms with Crippen molar-refractivity contribution in [3.05, 3.63) is 27.7 Å². The third kappa shape index (κ3) is 2.11. The summed E-state index contributed by atoms with van der Waals surface area (Å²) in [6, 6.07) is 3.12. The zero-order valence-electron chi connectivity index (χ0n) is 11.7. The molecule has 112 valence electrons. The Morgan fingerprint density at radius 1 is 1.33 bits per heavy atom. The van der Waals surface area contributed by atoms with E-state index in [1.54, 1.807) is 26.8 Å². The first-order valence-corrected chi connectivity index (χ1v) is 7.13. The van der Waals surface area contributed by atoms with Gasteiger partial charge >= 0.3 is 6.09 Å². The second-order valence-electron chi connectivity index (χ2n) is 5.99. The number of hydrogen-bond donors (Lipinski definition) is 0. The predicted octanol–water partition coefficient (Wildman–Crippen LogP) is 3.50. The monoisotopic (exact) mass is 329 g/mol. The summed E-state index contributed by atoms with van der Waals surface area (Å²) in [5.74, 6) is -0.512. The fraction of sp³-hybridized carbons (Fsp3) is 0.429. The van der Waals surface area contributed by atoms with E-state index in [0.29, 0.717) is 10.6 Å². The van der Waals surface area contributed by atoms with Gasteiger partial charge < -0.3 is 9.47 Å². The molecule has 1 unspecified atom stereocenters. The summed E-state index contributed by atoms with van der Waals surface area (Å²) in [6.07, 6.45) is -0.787. The van der Waals surface area contributed by atoms with E-state index in [2.05, 4.69) is 0 Å². The molecule has 2 amide bonds. The minimum atomic E-state index is -1.19. The molecule has 0 bridgehead atoms. The average Bonchev–Trinajstić information content (AvgIpc) is 3.07. The molecule has 1 spiro atoms. The average molecular weight is 330 g/mol. The Balaban J connectivity index is 2.11. The molecule has 1 saturated heterocycles. The van der Waals surface area contributed by atoms with E-state index >= 15 is 0 Å². The summed E-state index contributed by atoms with van der Waals surface area (Å²) in [4.78, 5) is 25.8. The zero-order chi connectivity index (χ0) is 15.6. The first-order valence-electron chi connectivity index (χ1n) is 6.37. The number of halogens is 2. The van der Waals surface area contributed by atoms with E-state index in [-0.39, 0.29) is 17.3 Å². The summed E-state index contributed by atoms with van der Waals surface area (Å²) in [5, 5.41) is 0.590. The van der Waals surface area contributed by atoms with Crippen molar-refractivity contribution in [2.24, 2.45) is 0 Å². The Morgan fingerprint density at radius 3 is 2.43 bits per heavy atom. The van der Waals surface area contributed by atoms with E-state index in [0.717, 1.165) is 4.90 Å². The van der Waals surface area contributed by atoms with Crippen molar-refractivity contribution < 1.29 is 19.1 Å². The van der Waals surface area contributed by atoms with Gasteiger partial charge in [0.1, 0.15) is 5.60 Å². The van der Waals surface area contributed by atoms with E-state index in [1.807, 2.05) is 0 Å². The third-order valence-corrected chi connectivity index (χ3v) is 3.88. The van der Waals surface area contributed by atoms with Crippen LogP contribution in [0.2, 0.25) is 10.0 Å². The molecule has 1 aromatic carbocycles. The van der Waals surface area contributed by atoms with Crippen molar-refractivity contribution in [3.8, 4) is 0 Å². The highest BCUT2D eigenvalue weighted by Gasteiger charge is 2.65. The van der Waals surface area contributed by atoms with Crippen LogP contribution in [0.1, 0.15) is 26.3 Å². The minimum absolute atomic E-state index is 0.179. The number of carbonyl (C=O) groups is 2. The molecule has 5 nitrogen and oxygen atoms in total. The lowest BCUT2D eigenvalue weighted by molar-refractivity contribution is -0.122. The lowest BCUT2D eigenvalue weighted by Gasteiger charge is -2.24. The number of nitrogens with zero attached hydrogens (tertiary/aromatic N) is 1. The van der Waals surface area contributed by atoms with Crippen molar-refractivity contribution in [1.29, 1.82) is 0 Å². The molecule has 1 fully saturated rings. The second kappa shape index (κ2) is 4.35. The van der Waals surface area contributed by atoms with Crippen LogP contribution in [-0.2, 0) is 19.9 Å². The maximum Gasteiger partial charge on any atom is 0.421 e. The topological polar surface area (TPSA) is 59.1 Å². The van der Waals surface area contributed by atoms with Gasteiger partial charge in [-0.25, -0.2) is 9.69 Å². The van der Waals surface area contributed by atoms with E-state index < -0.39 is 23.2 Å². The largest absolute Gasteiger partial charge is 0.443 e. The van der Waals surface area contributed by atoms with Crippen molar-refractivity contribution in [1.82, 2.24) is 0 Å². The van der Waals surface area contributed by atoms with E-state index in [1.165, 1.54) is 6.07 Å². The van der Waals surface area contributed by atoms with Crippen LogP contribution in [0.5, 0.6) is 0 Å². The SMILES string of the molecule is CC(C)(C)OC(=O)N1C(=O)C2(CO2)c2c(Cl)ccc(Cl)c21. The summed E-state index contributed by atoms with van der Waals surface area (Å²) < 4.78 is 10.6. The van der Waals surface area contributed by atoms with Gasteiger partial charge in [-0.15, -0.1) is 0 Å². The lowest BCUT2D eigenvalue weighted by Crippen LogP contribution is -2.41. The van der Waals surface area contributed by atoms with Crippen molar-refractivity contribution in [3.63, 3.8) is 0 Å². The number of imide groups is 1. The standard InChI is InChI=1S/C14H13Cl2NO4/c1-13(2,3)21-12(19)17-10-8(16)5-4-7(15)9(10)14(6-20-14)11(17)18/h4-5H,6H2,1-3H3. The van der Waals surface area contributed by atoms with Crippen LogP contribution < -0.4 is 4.90 Å². The fourth-order valence-corrected chi connectivity index (χ4v) is 2.90. The zero-order valence-corrected chi connectivity index (χ0v) is 13.2. The minimum Gasteiger partial charge on any atom is -0.443 e. The Kier molecular flexibility index (Phi) is 3.03. The van der Waals surface area contributed by atoms with Gasteiger partial charge in [-0.2, -0.15) is 0 Å². The molecule has 0 saturated carbocycles. The van der Waals surface area contributed by atoms with Crippen LogP contribution in [0.3, 0.4) is 0 Å². The molecule has 2 aliphatic heterocycles. The highest BCUT2D eigenvalue weighted by atomic mass is 35.5. The molecule has 1 atom stereocenters. The molecule has 7 heteroatoms. The maximum atomic E-state index is 12.6. The molecule has 21 heavy (non-hydrogen) atoms. The Labute approximate surface area is 131 Å². The third-order valence-electron chi connectivity index (χ3n) is 3.26. The quantitative estimate of drug-likeness (QED) is 0.683. The van der Waals surface area contributed by atoms with Gasteiger partial charge in [-0.3, -0.25) is 4.79 Å². The summed E-state index contributed by atoms with van der Waals surface area (Å²) in [6.45, 7) is 5.33. The molecule has 0 N–H and O–H groups in total. The van der Waals surface area contributed by atoms with Crippen LogP contribution in [0.15, 0.2) is 12.1 Å². The number of benzene rings is 1. The van der Waals surface area contributed by atoms with Gasteiger partial charge in [0.05, 0.1) is 17.3 Å². The van der Waals surface area contributed by atoms with Gasteiger partial charge in [0.2, 0.25) is 0 Å². The molecule has 0 aromatic heterocycles. The molecule has 2 heterocycles. The number of fused-ring (bicyclic) bond motifs is 2. The van der Waals surface area contributed by atoms with Crippen molar-refractivity contribution >= 4 is 40.9 Å². The first kappa shape index (κ1) is 14.6. The summed E-state index contributed by atoms with van der Waals surface area (Å²) in [7, 11) is 0. The number of ether oxygens (including phenoxy) is 2. The van der Waals surface area contributed by atoms with Gasteiger partial charge in [0, 0.05) is 10.6 Å². The van der Waals surface area contributed by atoms with Gasteiger partial charge in [-0.05, 0) is 32.9 Å². The molecular weight excluding hydrogens is 317 g/mol. The van der Waals surface area contributed by atoms with Crippen LogP contribution in [0.4, 0.5) is 10.5 Å². The molecule has 2 aliphatic rings. The lowest BCUT2D eigenvalue weighted by atomic mass is 10.0. The number of amides is 2. The molecule has 1 aromatic rings. The smallest absolute Gasteiger partial charge is 0.421 e. The second-order valence-corrected chi connectivity index (χ2v) is 6.80. The molecule has 3 rings (SSSR count). The Morgan fingerprint density at radius 2 is 1.90 bits per heavy atom.